The van der Waals surface area contributed by atoms with Crippen LogP contribution in [0.2, 0.25) is 0 Å². The molecule has 1 saturated carbocycles. The van der Waals surface area contributed by atoms with Gasteiger partial charge in [0.15, 0.2) is 0 Å². The number of aliphatic carboxylic acids is 1. The van der Waals surface area contributed by atoms with Crippen molar-refractivity contribution >= 4 is 17.6 Å². The first-order chi connectivity index (χ1) is 8.54. The van der Waals surface area contributed by atoms with Crippen LogP contribution in [0, 0.1) is 23.2 Å². The fourth-order valence-electron chi connectivity index (χ4n) is 1.88. The van der Waals surface area contributed by atoms with Crippen molar-refractivity contribution in [1.82, 2.24) is 0 Å². The van der Waals surface area contributed by atoms with Crippen LogP contribution < -0.4 is 4.90 Å². The van der Waals surface area contributed by atoms with Gasteiger partial charge < -0.3 is 10.0 Å². The van der Waals surface area contributed by atoms with Crippen LogP contribution in [-0.4, -0.2) is 24.0 Å². The van der Waals surface area contributed by atoms with Gasteiger partial charge in [0.2, 0.25) is 5.91 Å². The van der Waals surface area contributed by atoms with Crippen molar-refractivity contribution in [2.24, 2.45) is 11.8 Å². The van der Waals surface area contributed by atoms with Crippen molar-refractivity contribution in [1.29, 1.82) is 5.26 Å². The van der Waals surface area contributed by atoms with Gasteiger partial charge >= 0.3 is 5.97 Å². The van der Waals surface area contributed by atoms with Crippen molar-refractivity contribution in [3.05, 3.63) is 29.8 Å². The van der Waals surface area contributed by atoms with Crippen LogP contribution in [0.15, 0.2) is 24.3 Å². The lowest BCUT2D eigenvalue weighted by molar-refractivity contribution is -0.139. The van der Waals surface area contributed by atoms with E-state index in [0.717, 1.165) is 0 Å². The van der Waals surface area contributed by atoms with E-state index in [0.29, 0.717) is 17.7 Å². The summed E-state index contributed by atoms with van der Waals surface area (Å²) in [5.41, 5.74) is 1.18. The van der Waals surface area contributed by atoms with Gasteiger partial charge in [-0.25, -0.2) is 0 Å². The van der Waals surface area contributed by atoms with Gasteiger partial charge in [-0.3, -0.25) is 9.59 Å². The molecule has 1 amide bonds. The smallest absolute Gasteiger partial charge is 0.307 e. The molecule has 1 aromatic carbocycles. The molecular formula is C13H12N2O3. The Labute approximate surface area is 104 Å². The molecular weight excluding hydrogens is 232 g/mol. The second kappa shape index (κ2) is 4.49. The monoisotopic (exact) mass is 244 g/mol. The lowest BCUT2D eigenvalue weighted by Crippen LogP contribution is -2.28. The summed E-state index contributed by atoms with van der Waals surface area (Å²) in [6, 6.07) is 8.60. The topological polar surface area (TPSA) is 81.4 Å². The molecule has 0 spiro atoms. The van der Waals surface area contributed by atoms with Crippen molar-refractivity contribution in [3.8, 4) is 6.07 Å². The van der Waals surface area contributed by atoms with Crippen molar-refractivity contribution in [3.63, 3.8) is 0 Å². The minimum Gasteiger partial charge on any atom is -0.481 e. The van der Waals surface area contributed by atoms with Gasteiger partial charge in [-0.05, 0) is 30.7 Å². The summed E-state index contributed by atoms with van der Waals surface area (Å²) >= 11 is 0. The SMILES string of the molecule is CN(C(=O)C1CC1C(=O)O)c1ccc(C#N)cc1. The number of hydrogen-bond donors (Lipinski definition) is 1. The first kappa shape index (κ1) is 12.1. The van der Waals surface area contributed by atoms with Gasteiger partial charge in [0.1, 0.15) is 0 Å². The van der Waals surface area contributed by atoms with Crippen LogP contribution >= 0.6 is 0 Å². The first-order valence-corrected chi connectivity index (χ1v) is 5.55. The Hall–Kier alpha value is -2.35. The molecule has 1 aliphatic rings. The third kappa shape index (κ3) is 2.18. The minimum absolute atomic E-state index is 0.188. The summed E-state index contributed by atoms with van der Waals surface area (Å²) in [6.07, 6.45) is 0.411. The van der Waals surface area contributed by atoms with E-state index in [1.54, 1.807) is 31.3 Å². The summed E-state index contributed by atoms with van der Waals surface area (Å²) in [7, 11) is 1.61. The summed E-state index contributed by atoms with van der Waals surface area (Å²) < 4.78 is 0. The van der Waals surface area contributed by atoms with Crippen LogP contribution in [0.25, 0.3) is 0 Å². The molecule has 0 saturated heterocycles. The average molecular weight is 244 g/mol. The van der Waals surface area contributed by atoms with E-state index in [-0.39, 0.29) is 5.91 Å². The highest BCUT2D eigenvalue weighted by Crippen LogP contribution is 2.40. The van der Waals surface area contributed by atoms with E-state index >= 15 is 0 Å². The normalized spacial score (nSPS) is 20.9. The quantitative estimate of drug-likeness (QED) is 0.867. The van der Waals surface area contributed by atoms with Crippen LogP contribution in [-0.2, 0) is 9.59 Å². The second-order valence-electron chi connectivity index (χ2n) is 4.34. The van der Waals surface area contributed by atoms with Crippen LogP contribution in [0.3, 0.4) is 0 Å². The first-order valence-electron chi connectivity index (χ1n) is 5.55. The maximum absolute atomic E-state index is 12.0. The molecule has 1 fully saturated rings. The highest BCUT2D eigenvalue weighted by molar-refractivity contribution is 5.99. The van der Waals surface area contributed by atoms with E-state index in [9.17, 15) is 9.59 Å². The minimum atomic E-state index is -0.915. The van der Waals surface area contributed by atoms with Crippen LogP contribution in [0.4, 0.5) is 5.69 Å². The Morgan fingerprint density at radius 2 is 1.94 bits per heavy atom. The highest BCUT2D eigenvalue weighted by Gasteiger charge is 2.49. The largest absolute Gasteiger partial charge is 0.481 e. The van der Waals surface area contributed by atoms with Gasteiger partial charge in [0, 0.05) is 12.7 Å². The predicted molar refractivity (Wildman–Crippen MR) is 63.8 cm³/mol. The van der Waals surface area contributed by atoms with Gasteiger partial charge in [-0.1, -0.05) is 0 Å². The second-order valence-corrected chi connectivity index (χ2v) is 4.34. The number of carbonyl (C=O) groups is 2. The molecule has 2 unspecified atom stereocenters. The summed E-state index contributed by atoms with van der Waals surface area (Å²) in [5.74, 6) is -2.06. The Bertz CT molecular complexity index is 530. The molecule has 5 nitrogen and oxygen atoms in total. The number of hydrogen-bond acceptors (Lipinski definition) is 3. The molecule has 1 aliphatic carbocycles. The number of benzene rings is 1. The van der Waals surface area contributed by atoms with Gasteiger partial charge in [0.25, 0.3) is 0 Å². The molecule has 5 heteroatoms. The fraction of sp³-hybridized carbons (Fsp3) is 0.308. The Morgan fingerprint density at radius 3 is 2.39 bits per heavy atom. The molecule has 0 aliphatic heterocycles. The molecule has 18 heavy (non-hydrogen) atoms. The zero-order valence-corrected chi connectivity index (χ0v) is 9.83. The lowest BCUT2D eigenvalue weighted by Gasteiger charge is -2.17. The maximum Gasteiger partial charge on any atom is 0.307 e. The van der Waals surface area contributed by atoms with Crippen LogP contribution in [0.5, 0.6) is 0 Å². The summed E-state index contributed by atoms with van der Waals surface area (Å²) in [6.45, 7) is 0. The zero-order valence-electron chi connectivity index (χ0n) is 9.83. The molecule has 92 valence electrons. The van der Waals surface area contributed by atoms with E-state index in [2.05, 4.69) is 0 Å². The number of carboxylic acid groups (broad SMARTS) is 1. The standard InChI is InChI=1S/C13H12N2O3/c1-15(9-4-2-8(7-14)3-5-9)12(16)10-6-11(10)13(17)18/h2-5,10-11H,6H2,1H3,(H,17,18). The third-order valence-corrected chi connectivity index (χ3v) is 3.14. The van der Waals surface area contributed by atoms with Crippen molar-refractivity contribution in [2.45, 2.75) is 6.42 Å². The maximum atomic E-state index is 12.0. The van der Waals surface area contributed by atoms with Crippen molar-refractivity contribution in [2.75, 3.05) is 11.9 Å². The van der Waals surface area contributed by atoms with E-state index in [1.807, 2.05) is 6.07 Å². The molecule has 2 rings (SSSR count). The molecule has 0 bridgehead atoms. The summed E-state index contributed by atoms with van der Waals surface area (Å²) in [5, 5.41) is 17.5. The number of nitriles is 1. The molecule has 1 N–H and O–H groups in total. The number of amides is 1. The third-order valence-electron chi connectivity index (χ3n) is 3.14. The molecule has 0 aromatic heterocycles. The van der Waals surface area contributed by atoms with E-state index < -0.39 is 17.8 Å². The van der Waals surface area contributed by atoms with Crippen LogP contribution in [0.1, 0.15) is 12.0 Å². The molecule has 2 atom stereocenters. The Balaban J connectivity index is 2.07. The lowest BCUT2D eigenvalue weighted by atomic mass is 10.2. The number of nitrogens with zero attached hydrogens (tertiary/aromatic N) is 2. The van der Waals surface area contributed by atoms with E-state index in [1.165, 1.54) is 4.90 Å². The Morgan fingerprint density at radius 1 is 1.33 bits per heavy atom. The molecule has 0 radical (unpaired) electrons. The summed E-state index contributed by atoms with van der Waals surface area (Å²) in [4.78, 5) is 24.1. The number of anilines is 1. The number of rotatable bonds is 3. The zero-order chi connectivity index (χ0) is 13.3. The Kier molecular flexibility index (Phi) is 3.02. The predicted octanol–water partition coefficient (Wildman–Crippen LogP) is 1.24. The van der Waals surface area contributed by atoms with Crippen molar-refractivity contribution < 1.29 is 14.7 Å². The van der Waals surface area contributed by atoms with E-state index in [4.69, 9.17) is 10.4 Å². The highest BCUT2D eigenvalue weighted by atomic mass is 16.4. The number of carbonyl (C=O) groups excluding carboxylic acids is 1. The molecule has 1 aromatic rings. The van der Waals surface area contributed by atoms with Gasteiger partial charge in [-0.15, -0.1) is 0 Å². The van der Waals surface area contributed by atoms with Gasteiger partial charge in [0.05, 0.1) is 23.5 Å². The van der Waals surface area contributed by atoms with Gasteiger partial charge in [-0.2, -0.15) is 5.26 Å². The number of carboxylic acids is 1. The average Bonchev–Trinajstić information content (AvgIpc) is 3.17. The molecule has 0 heterocycles. The fourth-order valence-corrected chi connectivity index (χ4v) is 1.88.